The first-order valence-electron chi connectivity index (χ1n) is 6.73. The third-order valence-corrected chi connectivity index (χ3v) is 3.60. The highest BCUT2D eigenvalue weighted by Crippen LogP contribution is 2.35. The number of hydrogen-bond donors (Lipinski definition) is 1. The summed E-state index contributed by atoms with van der Waals surface area (Å²) in [6, 6.07) is 14.4. The van der Waals surface area contributed by atoms with Crippen molar-refractivity contribution in [3.63, 3.8) is 0 Å². The molecule has 0 spiro atoms. The molecule has 1 heterocycles. The van der Waals surface area contributed by atoms with Crippen LogP contribution in [0.25, 0.3) is 22.0 Å². The fourth-order valence-corrected chi connectivity index (χ4v) is 2.56. The average Bonchev–Trinajstić information content (AvgIpc) is 2.97. The second-order valence-corrected chi connectivity index (χ2v) is 4.92. The van der Waals surface area contributed by atoms with Crippen LogP contribution in [0.15, 0.2) is 42.5 Å². The largest absolute Gasteiger partial charge is 0.353 e. The van der Waals surface area contributed by atoms with Crippen LogP contribution in [-0.4, -0.2) is 9.91 Å². The highest BCUT2D eigenvalue weighted by molar-refractivity contribution is 6.00. The lowest BCUT2D eigenvalue weighted by Crippen LogP contribution is -1.91. The van der Waals surface area contributed by atoms with Crippen LogP contribution < -0.4 is 0 Å². The number of nitro benzene ring substituents is 1. The first kappa shape index (κ1) is 13.8. The summed E-state index contributed by atoms with van der Waals surface area (Å²) in [7, 11) is 0. The van der Waals surface area contributed by atoms with Crippen molar-refractivity contribution in [3.05, 3.63) is 70.8 Å². The van der Waals surface area contributed by atoms with Crippen molar-refractivity contribution >= 4 is 16.6 Å². The minimum atomic E-state index is -0.402. The third kappa shape index (κ3) is 2.21. The molecule has 0 saturated heterocycles. The van der Waals surface area contributed by atoms with Crippen molar-refractivity contribution in [1.82, 2.24) is 4.98 Å². The SMILES string of the molecule is [CH2]Cc1cc2c(-c3cccc(C#N)c3)ccc([N+](=O)[O-])c2[nH]1. The van der Waals surface area contributed by atoms with E-state index in [1.807, 2.05) is 12.1 Å². The lowest BCUT2D eigenvalue weighted by Gasteiger charge is -2.04. The summed E-state index contributed by atoms with van der Waals surface area (Å²) in [6.07, 6.45) is 0.517. The molecule has 3 rings (SSSR count). The number of fused-ring (bicyclic) bond motifs is 1. The van der Waals surface area contributed by atoms with Crippen LogP contribution in [-0.2, 0) is 6.42 Å². The van der Waals surface area contributed by atoms with Crippen molar-refractivity contribution in [3.8, 4) is 17.2 Å². The quantitative estimate of drug-likeness (QED) is 0.584. The summed E-state index contributed by atoms with van der Waals surface area (Å²) in [6.45, 7) is 3.81. The van der Waals surface area contributed by atoms with Gasteiger partial charge in [0.05, 0.1) is 16.6 Å². The van der Waals surface area contributed by atoms with Gasteiger partial charge in [0.2, 0.25) is 0 Å². The Bertz CT molecular complexity index is 919. The molecular formula is C17H12N3O2. The molecule has 1 radical (unpaired) electrons. The molecule has 5 heteroatoms. The van der Waals surface area contributed by atoms with E-state index in [1.165, 1.54) is 6.07 Å². The maximum Gasteiger partial charge on any atom is 0.293 e. The predicted octanol–water partition coefficient (Wildman–Crippen LogP) is 3.99. The molecule has 0 aliphatic rings. The Morgan fingerprint density at radius 1 is 1.27 bits per heavy atom. The van der Waals surface area contributed by atoms with Gasteiger partial charge in [0.1, 0.15) is 5.52 Å². The monoisotopic (exact) mass is 290 g/mol. The zero-order valence-electron chi connectivity index (χ0n) is 11.7. The zero-order chi connectivity index (χ0) is 15.7. The maximum absolute atomic E-state index is 11.2. The fraction of sp³-hybridized carbons (Fsp3) is 0.0588. The topological polar surface area (TPSA) is 82.7 Å². The fourth-order valence-electron chi connectivity index (χ4n) is 2.56. The first-order valence-corrected chi connectivity index (χ1v) is 6.73. The van der Waals surface area contributed by atoms with E-state index in [-0.39, 0.29) is 5.69 Å². The molecule has 1 aromatic heterocycles. The van der Waals surface area contributed by atoms with Crippen LogP contribution in [0.1, 0.15) is 11.3 Å². The molecule has 0 aliphatic carbocycles. The predicted molar refractivity (Wildman–Crippen MR) is 84.2 cm³/mol. The summed E-state index contributed by atoms with van der Waals surface area (Å²) in [4.78, 5) is 13.9. The second-order valence-electron chi connectivity index (χ2n) is 4.92. The number of nitriles is 1. The van der Waals surface area contributed by atoms with E-state index in [1.54, 1.807) is 24.3 Å². The molecule has 0 amide bonds. The molecule has 107 valence electrons. The highest BCUT2D eigenvalue weighted by Gasteiger charge is 2.17. The van der Waals surface area contributed by atoms with Gasteiger partial charge < -0.3 is 4.98 Å². The Balaban J connectivity index is 2.31. The number of nitrogens with one attached hydrogen (secondary N) is 1. The van der Waals surface area contributed by atoms with Gasteiger partial charge in [0.25, 0.3) is 5.69 Å². The molecule has 0 saturated carbocycles. The molecule has 0 atom stereocenters. The molecule has 1 N–H and O–H groups in total. The molecule has 3 aromatic rings. The van der Waals surface area contributed by atoms with E-state index in [2.05, 4.69) is 18.0 Å². The van der Waals surface area contributed by atoms with Crippen molar-refractivity contribution < 1.29 is 4.92 Å². The van der Waals surface area contributed by atoms with E-state index in [9.17, 15) is 10.1 Å². The van der Waals surface area contributed by atoms with Gasteiger partial charge >= 0.3 is 0 Å². The lowest BCUT2D eigenvalue weighted by molar-refractivity contribution is -0.383. The Morgan fingerprint density at radius 2 is 2.09 bits per heavy atom. The minimum absolute atomic E-state index is 0.0369. The molecular weight excluding hydrogens is 278 g/mol. The van der Waals surface area contributed by atoms with Gasteiger partial charge in [-0.2, -0.15) is 5.26 Å². The number of benzene rings is 2. The molecule has 0 bridgehead atoms. The molecule has 0 fully saturated rings. The van der Waals surface area contributed by atoms with Gasteiger partial charge in [-0.25, -0.2) is 0 Å². The number of rotatable bonds is 3. The van der Waals surface area contributed by atoms with Crippen LogP contribution in [0.3, 0.4) is 0 Å². The van der Waals surface area contributed by atoms with E-state index in [0.717, 1.165) is 22.2 Å². The van der Waals surface area contributed by atoms with Crippen LogP contribution in [0.5, 0.6) is 0 Å². The number of aromatic amines is 1. The molecule has 0 unspecified atom stereocenters. The van der Waals surface area contributed by atoms with Gasteiger partial charge in [-0.15, -0.1) is 0 Å². The zero-order valence-corrected chi connectivity index (χ0v) is 11.7. The molecule has 0 aliphatic heterocycles. The minimum Gasteiger partial charge on any atom is -0.353 e. The van der Waals surface area contributed by atoms with Gasteiger partial charge in [0, 0.05) is 17.1 Å². The summed E-state index contributed by atoms with van der Waals surface area (Å²) >= 11 is 0. The smallest absolute Gasteiger partial charge is 0.293 e. The normalized spacial score (nSPS) is 10.5. The Kier molecular flexibility index (Phi) is 3.36. The first-order chi connectivity index (χ1) is 10.6. The van der Waals surface area contributed by atoms with Crippen LogP contribution in [0.4, 0.5) is 5.69 Å². The van der Waals surface area contributed by atoms with Gasteiger partial charge in [-0.1, -0.05) is 12.1 Å². The van der Waals surface area contributed by atoms with Crippen molar-refractivity contribution in [2.24, 2.45) is 0 Å². The van der Waals surface area contributed by atoms with Gasteiger partial charge in [0.15, 0.2) is 0 Å². The average molecular weight is 290 g/mol. The van der Waals surface area contributed by atoms with Crippen molar-refractivity contribution in [1.29, 1.82) is 5.26 Å². The number of nitro groups is 1. The van der Waals surface area contributed by atoms with E-state index >= 15 is 0 Å². The molecule has 2 aromatic carbocycles. The summed E-state index contributed by atoms with van der Waals surface area (Å²) in [5, 5.41) is 21.0. The third-order valence-electron chi connectivity index (χ3n) is 3.60. The van der Waals surface area contributed by atoms with E-state index in [4.69, 9.17) is 5.26 Å². The number of hydrogen-bond acceptors (Lipinski definition) is 3. The standard InChI is InChI=1S/C17H12N3O2/c1-2-13-9-15-14(12-5-3-4-11(8-12)10-18)6-7-16(20(21)22)17(15)19-13/h3-9,19H,1-2H2. The maximum atomic E-state index is 11.2. The Hall–Kier alpha value is -3.13. The second kappa shape index (κ2) is 5.34. The Labute approximate surface area is 127 Å². The summed E-state index contributed by atoms with van der Waals surface area (Å²) in [5.74, 6) is 0. The molecule has 5 nitrogen and oxygen atoms in total. The number of H-pyrrole nitrogens is 1. The van der Waals surface area contributed by atoms with E-state index < -0.39 is 4.92 Å². The van der Waals surface area contributed by atoms with Crippen LogP contribution >= 0.6 is 0 Å². The van der Waals surface area contributed by atoms with Crippen molar-refractivity contribution in [2.75, 3.05) is 0 Å². The van der Waals surface area contributed by atoms with E-state index in [0.29, 0.717) is 17.5 Å². The Morgan fingerprint density at radius 3 is 2.77 bits per heavy atom. The van der Waals surface area contributed by atoms with Gasteiger partial charge in [-0.05, 0) is 48.7 Å². The number of non-ortho nitro benzene ring substituents is 1. The highest BCUT2D eigenvalue weighted by atomic mass is 16.6. The molecule has 22 heavy (non-hydrogen) atoms. The number of nitrogens with zero attached hydrogens (tertiary/aromatic N) is 2. The summed E-state index contributed by atoms with van der Waals surface area (Å²) < 4.78 is 0. The van der Waals surface area contributed by atoms with Crippen LogP contribution in [0, 0.1) is 28.4 Å². The number of aromatic nitrogens is 1. The summed E-state index contributed by atoms with van der Waals surface area (Å²) in [5.41, 5.74) is 3.62. The van der Waals surface area contributed by atoms with Crippen molar-refractivity contribution in [2.45, 2.75) is 6.42 Å². The van der Waals surface area contributed by atoms with Crippen LogP contribution in [0.2, 0.25) is 0 Å². The lowest BCUT2D eigenvalue weighted by atomic mass is 9.99. The van der Waals surface area contributed by atoms with Gasteiger partial charge in [-0.3, -0.25) is 10.1 Å².